The molecule has 3 rings (SSSR count). The number of aromatic nitrogens is 2. The number of alkyl halides is 3. The van der Waals surface area contributed by atoms with Crippen LogP contribution in [0.1, 0.15) is 18.4 Å². The van der Waals surface area contributed by atoms with Crippen molar-refractivity contribution in [3.63, 3.8) is 0 Å². The van der Waals surface area contributed by atoms with Crippen molar-refractivity contribution in [2.45, 2.75) is 31.6 Å². The Kier molecular flexibility index (Phi) is 4.06. The summed E-state index contributed by atoms with van der Waals surface area (Å²) in [6.45, 7) is 1.79. The highest BCUT2D eigenvalue weighted by atomic mass is 19.4. The van der Waals surface area contributed by atoms with Crippen LogP contribution in [0.5, 0.6) is 11.5 Å². The van der Waals surface area contributed by atoms with E-state index in [4.69, 9.17) is 4.74 Å². The largest absolute Gasteiger partial charge is 0.454 e. The fourth-order valence-electron chi connectivity index (χ4n) is 2.48. The van der Waals surface area contributed by atoms with E-state index < -0.39 is 11.7 Å². The molecule has 1 N–H and O–H groups in total. The van der Waals surface area contributed by atoms with Crippen molar-refractivity contribution in [3.05, 3.63) is 42.2 Å². The molecule has 0 radical (unpaired) electrons. The van der Waals surface area contributed by atoms with Crippen LogP contribution in [-0.4, -0.2) is 22.4 Å². The first-order chi connectivity index (χ1) is 10.5. The normalized spacial score (nSPS) is 18.6. The fraction of sp³-hybridized carbons (Fsp3) is 0.400. The van der Waals surface area contributed by atoms with Crippen LogP contribution >= 0.6 is 0 Å². The molecular weight excluding hydrogens is 295 g/mol. The maximum atomic E-state index is 12.5. The van der Waals surface area contributed by atoms with Crippen LogP contribution in [-0.2, 0) is 12.7 Å². The number of halogens is 3. The van der Waals surface area contributed by atoms with Crippen molar-refractivity contribution < 1.29 is 17.9 Å². The number of benzene rings is 1. The van der Waals surface area contributed by atoms with E-state index in [1.807, 2.05) is 0 Å². The summed E-state index contributed by atoms with van der Waals surface area (Å²) >= 11 is 0. The fourth-order valence-corrected chi connectivity index (χ4v) is 2.48. The second-order valence-corrected chi connectivity index (χ2v) is 5.32. The number of nitrogens with one attached hydrogen (secondary N) is 1. The van der Waals surface area contributed by atoms with Crippen LogP contribution in [0, 0.1) is 0 Å². The van der Waals surface area contributed by atoms with Gasteiger partial charge in [0.15, 0.2) is 5.75 Å². The van der Waals surface area contributed by atoms with E-state index in [0.717, 1.165) is 31.6 Å². The average Bonchev–Trinajstić information content (AvgIpc) is 3.11. The molecule has 1 aromatic heterocycles. The van der Waals surface area contributed by atoms with Gasteiger partial charge in [-0.1, -0.05) is 0 Å². The Morgan fingerprint density at radius 2 is 2.00 bits per heavy atom. The van der Waals surface area contributed by atoms with Gasteiger partial charge < -0.3 is 10.1 Å². The lowest BCUT2D eigenvalue weighted by atomic mass is 10.2. The topological polar surface area (TPSA) is 39.1 Å². The number of hydrogen-bond acceptors (Lipinski definition) is 3. The predicted octanol–water partition coefficient (Wildman–Crippen LogP) is 3.45. The summed E-state index contributed by atoms with van der Waals surface area (Å²) in [7, 11) is 0. The third-order valence-electron chi connectivity index (χ3n) is 3.60. The molecule has 1 unspecified atom stereocenters. The first-order valence-electron chi connectivity index (χ1n) is 7.12. The second-order valence-electron chi connectivity index (χ2n) is 5.32. The maximum absolute atomic E-state index is 12.5. The summed E-state index contributed by atoms with van der Waals surface area (Å²) in [5, 5.41) is 7.58. The third-order valence-corrected chi connectivity index (χ3v) is 3.60. The molecule has 1 aromatic carbocycles. The molecule has 0 bridgehead atoms. The zero-order valence-electron chi connectivity index (χ0n) is 11.8. The van der Waals surface area contributed by atoms with Crippen molar-refractivity contribution in [3.8, 4) is 11.5 Å². The average molecular weight is 311 g/mol. The Morgan fingerprint density at radius 1 is 1.23 bits per heavy atom. The summed E-state index contributed by atoms with van der Waals surface area (Å²) < 4.78 is 44.8. The lowest BCUT2D eigenvalue weighted by Gasteiger charge is -2.09. The van der Waals surface area contributed by atoms with Gasteiger partial charge in [0.25, 0.3) is 0 Å². The number of nitrogens with zero attached hydrogens (tertiary/aromatic N) is 2. The molecule has 2 heterocycles. The van der Waals surface area contributed by atoms with Crippen molar-refractivity contribution in [2.75, 3.05) is 6.54 Å². The van der Waals surface area contributed by atoms with Gasteiger partial charge in [0.1, 0.15) is 5.75 Å². The summed E-state index contributed by atoms with van der Waals surface area (Å²) in [5.41, 5.74) is -0.692. The van der Waals surface area contributed by atoms with Gasteiger partial charge in [0.05, 0.1) is 24.5 Å². The molecule has 0 saturated carbocycles. The second kappa shape index (κ2) is 6.00. The van der Waals surface area contributed by atoms with Gasteiger partial charge in [0.2, 0.25) is 0 Å². The smallest absolute Gasteiger partial charge is 0.416 e. The zero-order valence-corrected chi connectivity index (χ0v) is 11.8. The minimum absolute atomic E-state index is 0.353. The van der Waals surface area contributed by atoms with Gasteiger partial charge in [-0.25, -0.2) is 0 Å². The number of hydrogen-bond donors (Lipinski definition) is 1. The molecule has 1 aliphatic heterocycles. The van der Waals surface area contributed by atoms with Gasteiger partial charge in [-0.05, 0) is 43.7 Å². The van der Waals surface area contributed by atoms with Gasteiger partial charge in [-0.15, -0.1) is 0 Å². The van der Waals surface area contributed by atoms with Crippen LogP contribution in [0.25, 0.3) is 0 Å². The highest BCUT2D eigenvalue weighted by Crippen LogP contribution is 2.31. The van der Waals surface area contributed by atoms with Crippen LogP contribution in [0.15, 0.2) is 36.7 Å². The molecular formula is C15H16F3N3O. The number of ether oxygens (including phenoxy) is 1. The van der Waals surface area contributed by atoms with E-state index in [2.05, 4.69) is 10.4 Å². The molecule has 0 amide bonds. The van der Waals surface area contributed by atoms with Crippen molar-refractivity contribution >= 4 is 0 Å². The predicted molar refractivity (Wildman–Crippen MR) is 74.8 cm³/mol. The Morgan fingerprint density at radius 3 is 2.64 bits per heavy atom. The Labute approximate surface area is 125 Å². The molecule has 1 saturated heterocycles. The summed E-state index contributed by atoms with van der Waals surface area (Å²) in [5.74, 6) is 0.865. The van der Waals surface area contributed by atoms with E-state index in [1.54, 1.807) is 17.1 Å². The first-order valence-corrected chi connectivity index (χ1v) is 7.12. The van der Waals surface area contributed by atoms with Gasteiger partial charge in [-0.3, -0.25) is 4.68 Å². The minimum atomic E-state index is -4.34. The Hall–Kier alpha value is -2.02. The molecule has 2 aromatic rings. The summed E-state index contributed by atoms with van der Waals surface area (Å²) in [6, 6.07) is 5.03. The van der Waals surface area contributed by atoms with Gasteiger partial charge in [0, 0.05) is 6.04 Å². The lowest BCUT2D eigenvalue weighted by molar-refractivity contribution is -0.137. The lowest BCUT2D eigenvalue weighted by Crippen LogP contribution is -2.26. The molecule has 7 heteroatoms. The minimum Gasteiger partial charge on any atom is -0.454 e. The van der Waals surface area contributed by atoms with E-state index in [0.29, 0.717) is 17.5 Å². The maximum Gasteiger partial charge on any atom is 0.416 e. The summed E-state index contributed by atoms with van der Waals surface area (Å²) in [4.78, 5) is 0. The highest BCUT2D eigenvalue weighted by Gasteiger charge is 2.30. The van der Waals surface area contributed by atoms with E-state index in [1.165, 1.54) is 18.6 Å². The Bertz CT molecular complexity index is 616. The molecule has 1 atom stereocenters. The molecule has 22 heavy (non-hydrogen) atoms. The zero-order chi connectivity index (χ0) is 15.6. The molecule has 4 nitrogen and oxygen atoms in total. The van der Waals surface area contributed by atoms with Gasteiger partial charge >= 0.3 is 6.18 Å². The quantitative estimate of drug-likeness (QED) is 0.940. The van der Waals surface area contributed by atoms with Crippen LogP contribution in [0.2, 0.25) is 0 Å². The van der Waals surface area contributed by atoms with Crippen LogP contribution < -0.4 is 10.1 Å². The van der Waals surface area contributed by atoms with Gasteiger partial charge in [-0.2, -0.15) is 18.3 Å². The summed E-state index contributed by atoms with van der Waals surface area (Å²) in [6.07, 6.45) is 1.26. The number of rotatable bonds is 4. The van der Waals surface area contributed by atoms with E-state index >= 15 is 0 Å². The van der Waals surface area contributed by atoms with Crippen molar-refractivity contribution in [1.29, 1.82) is 0 Å². The van der Waals surface area contributed by atoms with Crippen molar-refractivity contribution in [1.82, 2.24) is 15.1 Å². The van der Waals surface area contributed by atoms with E-state index in [9.17, 15) is 13.2 Å². The highest BCUT2D eigenvalue weighted by molar-refractivity contribution is 5.32. The van der Waals surface area contributed by atoms with Crippen molar-refractivity contribution in [2.24, 2.45) is 0 Å². The molecule has 0 spiro atoms. The van der Waals surface area contributed by atoms with E-state index in [-0.39, 0.29) is 0 Å². The molecule has 0 aliphatic carbocycles. The Balaban J connectivity index is 1.62. The SMILES string of the molecule is FC(F)(F)c1ccc(Oc2cnn(CC3CCCN3)c2)cc1. The third kappa shape index (κ3) is 3.59. The first kappa shape index (κ1) is 14.9. The molecule has 118 valence electrons. The monoisotopic (exact) mass is 311 g/mol. The molecule has 1 fully saturated rings. The molecule has 1 aliphatic rings. The standard InChI is InChI=1S/C15H16F3N3O/c16-15(17,18)11-3-5-13(6-4-11)22-14-8-20-21(10-14)9-12-2-1-7-19-12/h3-6,8,10,12,19H,1-2,7,9H2. The van der Waals surface area contributed by atoms with Crippen LogP contribution in [0.4, 0.5) is 13.2 Å². The van der Waals surface area contributed by atoms with Crippen LogP contribution in [0.3, 0.4) is 0 Å².